The van der Waals surface area contributed by atoms with Crippen LogP contribution >= 0.6 is 0 Å². The molecule has 0 aromatic heterocycles. The van der Waals surface area contributed by atoms with Gasteiger partial charge in [-0.25, -0.2) is 8.42 Å². The van der Waals surface area contributed by atoms with Gasteiger partial charge in [0.15, 0.2) is 9.84 Å². The van der Waals surface area contributed by atoms with Crippen LogP contribution in [0.15, 0.2) is 23.1 Å². The van der Waals surface area contributed by atoms with Crippen molar-refractivity contribution in [2.75, 3.05) is 6.26 Å². The number of hydrogen-bond donors (Lipinski definition) is 0. The van der Waals surface area contributed by atoms with Gasteiger partial charge in [-0.2, -0.15) is 0 Å². The zero-order valence-electron chi connectivity index (χ0n) is 8.87. The third-order valence-corrected chi connectivity index (χ3v) is 3.37. The quantitative estimate of drug-likeness (QED) is 0.770. The first-order valence-electron chi connectivity index (χ1n) is 4.74. The number of sulfone groups is 1. The van der Waals surface area contributed by atoms with Gasteiger partial charge in [-0.3, -0.25) is 0 Å². The minimum Gasteiger partial charge on any atom is -0.224 e. The third-order valence-electron chi connectivity index (χ3n) is 2.26. The second-order valence-electron chi connectivity index (χ2n) is 3.61. The average molecular weight is 212 g/mol. The largest absolute Gasteiger partial charge is 0.224 e. The predicted octanol–water partition coefficient (Wildman–Crippen LogP) is 2.35. The molecule has 1 aromatic rings. The van der Waals surface area contributed by atoms with Crippen molar-refractivity contribution in [3.8, 4) is 0 Å². The molecule has 0 atom stereocenters. The number of aryl methyl sites for hydroxylation is 2. The van der Waals surface area contributed by atoms with Gasteiger partial charge < -0.3 is 0 Å². The lowest BCUT2D eigenvalue weighted by Gasteiger charge is -2.06. The second-order valence-corrected chi connectivity index (χ2v) is 5.63. The molecular weight excluding hydrogens is 196 g/mol. The Balaban J connectivity index is 3.13. The lowest BCUT2D eigenvalue weighted by Crippen LogP contribution is -1.99. The fourth-order valence-corrected chi connectivity index (χ4v) is 2.15. The van der Waals surface area contributed by atoms with Crippen LogP contribution in [0.5, 0.6) is 0 Å². The van der Waals surface area contributed by atoms with Crippen LogP contribution in [0.25, 0.3) is 0 Å². The summed E-state index contributed by atoms with van der Waals surface area (Å²) in [6, 6.07) is 5.35. The molecule has 0 aliphatic carbocycles. The van der Waals surface area contributed by atoms with Gasteiger partial charge in [0.25, 0.3) is 0 Å². The first-order chi connectivity index (χ1) is 6.45. The van der Waals surface area contributed by atoms with Gasteiger partial charge in [-0.1, -0.05) is 19.4 Å². The summed E-state index contributed by atoms with van der Waals surface area (Å²) in [6.07, 6.45) is 3.33. The van der Waals surface area contributed by atoms with Gasteiger partial charge in [-0.15, -0.1) is 0 Å². The SMILES string of the molecule is CCCc1ccc(S(C)(=O)=O)cc1C. The van der Waals surface area contributed by atoms with E-state index in [1.54, 1.807) is 12.1 Å². The Morgan fingerprint density at radius 1 is 1.29 bits per heavy atom. The first-order valence-corrected chi connectivity index (χ1v) is 6.64. The van der Waals surface area contributed by atoms with E-state index in [1.807, 2.05) is 13.0 Å². The number of rotatable bonds is 3. The molecule has 1 rings (SSSR count). The van der Waals surface area contributed by atoms with Gasteiger partial charge >= 0.3 is 0 Å². The van der Waals surface area contributed by atoms with Crippen molar-refractivity contribution < 1.29 is 8.42 Å². The standard InChI is InChI=1S/C11H16O2S/c1-4-5-10-6-7-11(8-9(10)2)14(3,12)13/h6-8H,4-5H2,1-3H3. The molecule has 0 saturated heterocycles. The highest BCUT2D eigenvalue weighted by molar-refractivity contribution is 7.90. The normalized spacial score (nSPS) is 11.6. The summed E-state index contributed by atoms with van der Waals surface area (Å²) in [5, 5.41) is 0. The zero-order chi connectivity index (χ0) is 10.8. The summed E-state index contributed by atoms with van der Waals surface area (Å²) in [4.78, 5) is 0.412. The molecule has 0 radical (unpaired) electrons. The van der Waals surface area contributed by atoms with Crippen LogP contribution < -0.4 is 0 Å². The molecule has 0 unspecified atom stereocenters. The molecule has 0 heterocycles. The van der Waals surface area contributed by atoms with Crippen molar-refractivity contribution in [2.45, 2.75) is 31.6 Å². The van der Waals surface area contributed by atoms with E-state index in [0.29, 0.717) is 4.90 Å². The Bertz CT molecular complexity index is 419. The topological polar surface area (TPSA) is 34.1 Å². The molecule has 0 aliphatic rings. The summed E-state index contributed by atoms with van der Waals surface area (Å²) >= 11 is 0. The molecule has 0 N–H and O–H groups in total. The van der Waals surface area contributed by atoms with Crippen molar-refractivity contribution in [3.63, 3.8) is 0 Å². The highest BCUT2D eigenvalue weighted by atomic mass is 32.2. The fraction of sp³-hybridized carbons (Fsp3) is 0.455. The Morgan fingerprint density at radius 3 is 2.36 bits per heavy atom. The highest BCUT2D eigenvalue weighted by Crippen LogP contribution is 2.16. The van der Waals surface area contributed by atoms with Crippen LogP contribution in [0.1, 0.15) is 24.5 Å². The van der Waals surface area contributed by atoms with E-state index in [1.165, 1.54) is 11.8 Å². The van der Waals surface area contributed by atoms with Crippen molar-refractivity contribution in [3.05, 3.63) is 29.3 Å². The van der Waals surface area contributed by atoms with Crippen molar-refractivity contribution in [1.29, 1.82) is 0 Å². The van der Waals surface area contributed by atoms with E-state index in [4.69, 9.17) is 0 Å². The van der Waals surface area contributed by atoms with E-state index in [-0.39, 0.29) is 0 Å². The Hall–Kier alpha value is -0.830. The lowest BCUT2D eigenvalue weighted by molar-refractivity contribution is 0.601. The van der Waals surface area contributed by atoms with Gasteiger partial charge in [0, 0.05) is 6.26 Å². The minimum absolute atomic E-state index is 0.412. The van der Waals surface area contributed by atoms with E-state index < -0.39 is 9.84 Å². The Morgan fingerprint density at radius 2 is 1.93 bits per heavy atom. The molecular formula is C11H16O2S. The fourth-order valence-electron chi connectivity index (χ4n) is 1.45. The number of benzene rings is 1. The predicted molar refractivity (Wildman–Crippen MR) is 58.3 cm³/mol. The molecule has 0 spiro atoms. The van der Waals surface area contributed by atoms with Crippen LogP contribution in [-0.4, -0.2) is 14.7 Å². The summed E-state index contributed by atoms with van der Waals surface area (Å²) in [5.74, 6) is 0. The van der Waals surface area contributed by atoms with Crippen LogP contribution in [0.2, 0.25) is 0 Å². The maximum atomic E-state index is 11.3. The van der Waals surface area contributed by atoms with Gasteiger partial charge in [-0.05, 0) is 36.6 Å². The Kier molecular flexibility index (Phi) is 3.32. The minimum atomic E-state index is -3.06. The molecule has 3 heteroatoms. The van der Waals surface area contributed by atoms with Crippen LogP contribution in [-0.2, 0) is 16.3 Å². The van der Waals surface area contributed by atoms with E-state index in [0.717, 1.165) is 18.4 Å². The van der Waals surface area contributed by atoms with Gasteiger partial charge in [0.2, 0.25) is 0 Å². The van der Waals surface area contributed by atoms with E-state index >= 15 is 0 Å². The smallest absolute Gasteiger partial charge is 0.175 e. The second kappa shape index (κ2) is 4.13. The third kappa shape index (κ3) is 2.58. The monoisotopic (exact) mass is 212 g/mol. The zero-order valence-corrected chi connectivity index (χ0v) is 9.69. The maximum Gasteiger partial charge on any atom is 0.175 e. The van der Waals surface area contributed by atoms with Crippen LogP contribution in [0, 0.1) is 6.92 Å². The lowest BCUT2D eigenvalue weighted by atomic mass is 10.1. The summed E-state index contributed by atoms with van der Waals surface area (Å²) in [5.41, 5.74) is 2.30. The molecule has 0 saturated carbocycles. The van der Waals surface area contributed by atoms with Gasteiger partial charge in [0.05, 0.1) is 4.90 Å². The molecule has 0 amide bonds. The van der Waals surface area contributed by atoms with Gasteiger partial charge in [0.1, 0.15) is 0 Å². The van der Waals surface area contributed by atoms with Crippen molar-refractivity contribution in [1.82, 2.24) is 0 Å². The van der Waals surface area contributed by atoms with Crippen molar-refractivity contribution >= 4 is 9.84 Å². The van der Waals surface area contributed by atoms with Crippen molar-refractivity contribution in [2.24, 2.45) is 0 Å². The molecule has 78 valence electrons. The maximum absolute atomic E-state index is 11.3. The molecule has 2 nitrogen and oxygen atoms in total. The Labute approximate surface area is 85.9 Å². The number of hydrogen-bond acceptors (Lipinski definition) is 2. The van der Waals surface area contributed by atoms with E-state index in [9.17, 15) is 8.42 Å². The average Bonchev–Trinajstić information content (AvgIpc) is 2.07. The summed E-state index contributed by atoms with van der Waals surface area (Å²) < 4.78 is 22.5. The molecule has 14 heavy (non-hydrogen) atoms. The van der Waals surface area contributed by atoms with E-state index in [2.05, 4.69) is 6.92 Å². The van der Waals surface area contributed by atoms with Crippen LogP contribution in [0.4, 0.5) is 0 Å². The molecule has 0 aliphatic heterocycles. The molecule has 1 aromatic carbocycles. The molecule has 0 fully saturated rings. The first kappa shape index (κ1) is 11.2. The molecule has 0 bridgehead atoms. The summed E-state index contributed by atoms with van der Waals surface area (Å²) in [7, 11) is -3.06. The highest BCUT2D eigenvalue weighted by Gasteiger charge is 2.08. The summed E-state index contributed by atoms with van der Waals surface area (Å²) in [6.45, 7) is 4.07. The van der Waals surface area contributed by atoms with Crippen LogP contribution in [0.3, 0.4) is 0 Å².